The van der Waals surface area contributed by atoms with Crippen molar-refractivity contribution in [3.8, 4) is 0 Å². The zero-order valence-corrected chi connectivity index (χ0v) is 9.38. The van der Waals surface area contributed by atoms with Crippen LogP contribution in [0.3, 0.4) is 0 Å². The van der Waals surface area contributed by atoms with Crippen molar-refractivity contribution in [1.82, 2.24) is 5.32 Å². The number of amides is 1. The van der Waals surface area contributed by atoms with E-state index in [1.165, 1.54) is 6.07 Å². The first kappa shape index (κ1) is 10.4. The Hall–Kier alpha value is -1.10. The number of nitrogens with one attached hydrogen (secondary N) is 1. The minimum absolute atomic E-state index is 0.292. The Morgan fingerprint density at radius 2 is 2.33 bits per heavy atom. The van der Waals surface area contributed by atoms with Gasteiger partial charge >= 0.3 is 6.09 Å². The maximum atomic E-state index is 13.5. The molecule has 1 N–H and O–H groups in total. The lowest BCUT2D eigenvalue weighted by atomic mass is 10.0. The van der Waals surface area contributed by atoms with Gasteiger partial charge in [0.1, 0.15) is 5.82 Å². The first-order valence-corrected chi connectivity index (χ1v) is 5.34. The summed E-state index contributed by atoms with van der Waals surface area (Å²) in [6, 6.07) is 4.51. The van der Waals surface area contributed by atoms with Crippen LogP contribution in [-0.2, 0) is 4.74 Å². The van der Waals surface area contributed by atoms with Gasteiger partial charge in [-0.1, -0.05) is 22.0 Å². The van der Waals surface area contributed by atoms with E-state index in [1.807, 2.05) is 0 Å². The zero-order chi connectivity index (χ0) is 10.8. The Morgan fingerprint density at radius 3 is 3.00 bits per heavy atom. The highest BCUT2D eigenvalue weighted by Gasteiger charge is 2.23. The Kier molecular flexibility index (Phi) is 2.90. The lowest BCUT2D eigenvalue weighted by Gasteiger charge is -2.23. The predicted octanol–water partition coefficient (Wildman–Crippen LogP) is 2.76. The molecule has 0 radical (unpaired) electrons. The van der Waals surface area contributed by atoms with E-state index in [9.17, 15) is 9.18 Å². The molecule has 80 valence electrons. The van der Waals surface area contributed by atoms with Gasteiger partial charge in [-0.25, -0.2) is 9.18 Å². The highest BCUT2D eigenvalue weighted by molar-refractivity contribution is 9.10. The van der Waals surface area contributed by atoms with Crippen LogP contribution in [0.15, 0.2) is 22.7 Å². The molecule has 2 rings (SSSR count). The lowest BCUT2D eigenvalue weighted by molar-refractivity contribution is 0.115. The second kappa shape index (κ2) is 4.18. The van der Waals surface area contributed by atoms with Gasteiger partial charge in [-0.15, -0.1) is 0 Å². The predicted molar refractivity (Wildman–Crippen MR) is 55.9 cm³/mol. The topological polar surface area (TPSA) is 38.3 Å². The summed E-state index contributed by atoms with van der Waals surface area (Å²) in [5.74, 6) is -0.323. The first-order valence-electron chi connectivity index (χ1n) is 4.55. The van der Waals surface area contributed by atoms with Crippen LogP contribution < -0.4 is 5.32 Å². The summed E-state index contributed by atoms with van der Waals surface area (Å²) in [7, 11) is 0. The third-order valence-corrected chi connectivity index (χ3v) is 2.76. The zero-order valence-electron chi connectivity index (χ0n) is 7.80. The summed E-state index contributed by atoms with van der Waals surface area (Å²) in [6.45, 7) is 0.325. The van der Waals surface area contributed by atoms with E-state index in [0.29, 0.717) is 23.1 Å². The molecule has 1 aromatic rings. The van der Waals surface area contributed by atoms with E-state index in [1.54, 1.807) is 12.1 Å². The van der Waals surface area contributed by atoms with E-state index >= 15 is 0 Å². The molecule has 0 unspecified atom stereocenters. The Bertz CT molecular complexity index is 397. The number of alkyl carbamates (subject to hydrolysis) is 1. The Balaban J connectivity index is 2.24. The Morgan fingerprint density at radius 1 is 1.53 bits per heavy atom. The number of halogens is 2. The third-order valence-electron chi connectivity index (χ3n) is 2.27. The van der Waals surface area contributed by atoms with Crippen molar-refractivity contribution in [1.29, 1.82) is 0 Å². The monoisotopic (exact) mass is 273 g/mol. The summed E-state index contributed by atoms with van der Waals surface area (Å²) in [5, 5.41) is 2.58. The van der Waals surface area contributed by atoms with E-state index in [0.717, 1.165) is 0 Å². The van der Waals surface area contributed by atoms with Crippen LogP contribution in [-0.4, -0.2) is 12.7 Å². The van der Waals surface area contributed by atoms with Gasteiger partial charge in [0.15, 0.2) is 0 Å². The molecular formula is C10H9BrFNO2. The molecule has 1 amide bonds. The summed E-state index contributed by atoms with van der Waals surface area (Å²) < 4.78 is 18.9. The van der Waals surface area contributed by atoms with Crippen molar-refractivity contribution in [3.05, 3.63) is 34.1 Å². The molecule has 1 aromatic carbocycles. The maximum absolute atomic E-state index is 13.5. The average molecular weight is 274 g/mol. The molecule has 0 spiro atoms. The molecule has 1 atom stereocenters. The van der Waals surface area contributed by atoms with Crippen LogP contribution in [0, 0.1) is 5.82 Å². The summed E-state index contributed by atoms with van der Waals surface area (Å²) in [4.78, 5) is 11.0. The molecule has 3 nitrogen and oxygen atoms in total. The van der Waals surface area contributed by atoms with Crippen molar-refractivity contribution in [3.63, 3.8) is 0 Å². The highest BCUT2D eigenvalue weighted by atomic mass is 79.9. The average Bonchev–Trinajstić information content (AvgIpc) is 2.17. The van der Waals surface area contributed by atoms with Gasteiger partial charge in [-0.2, -0.15) is 0 Å². The molecule has 1 heterocycles. The van der Waals surface area contributed by atoms with Gasteiger partial charge in [0, 0.05) is 16.5 Å². The fraction of sp³-hybridized carbons (Fsp3) is 0.300. The van der Waals surface area contributed by atoms with Crippen molar-refractivity contribution < 1.29 is 13.9 Å². The number of rotatable bonds is 1. The van der Waals surface area contributed by atoms with Gasteiger partial charge in [0.05, 0.1) is 12.6 Å². The van der Waals surface area contributed by atoms with Gasteiger partial charge in [0.2, 0.25) is 0 Å². The third kappa shape index (κ3) is 2.28. The maximum Gasteiger partial charge on any atom is 0.407 e. The SMILES string of the molecule is O=C1N[C@@H](c2ccc(Br)cc2F)CCO1. The van der Waals surface area contributed by atoms with Crippen LogP contribution in [0.1, 0.15) is 18.0 Å². The van der Waals surface area contributed by atoms with Crippen molar-refractivity contribution in [2.24, 2.45) is 0 Å². The molecule has 1 aliphatic rings. The number of cyclic esters (lactones) is 1. The fourth-order valence-corrected chi connectivity index (χ4v) is 1.88. The minimum Gasteiger partial charge on any atom is -0.449 e. The summed E-state index contributed by atoms with van der Waals surface area (Å²) in [6.07, 6.45) is 0.0955. The fourth-order valence-electron chi connectivity index (χ4n) is 1.54. The molecule has 5 heteroatoms. The molecule has 1 aliphatic heterocycles. The van der Waals surface area contributed by atoms with Crippen molar-refractivity contribution >= 4 is 22.0 Å². The molecule has 0 aliphatic carbocycles. The first-order chi connectivity index (χ1) is 7.16. The quantitative estimate of drug-likeness (QED) is 0.855. The van der Waals surface area contributed by atoms with E-state index in [2.05, 4.69) is 21.2 Å². The molecular weight excluding hydrogens is 265 g/mol. The summed E-state index contributed by atoms with van der Waals surface area (Å²) in [5.41, 5.74) is 0.495. The van der Waals surface area contributed by atoms with Gasteiger partial charge in [0.25, 0.3) is 0 Å². The highest BCUT2D eigenvalue weighted by Crippen LogP contribution is 2.25. The second-order valence-electron chi connectivity index (χ2n) is 3.29. The molecule has 1 saturated heterocycles. The standard InChI is InChI=1S/C10H9BrFNO2/c11-6-1-2-7(8(12)5-6)9-3-4-15-10(14)13-9/h1-2,5,9H,3-4H2,(H,13,14)/t9-/m1/s1. The van der Waals surface area contributed by atoms with Crippen LogP contribution in [0.5, 0.6) is 0 Å². The summed E-state index contributed by atoms with van der Waals surface area (Å²) >= 11 is 3.18. The van der Waals surface area contributed by atoms with Crippen LogP contribution >= 0.6 is 15.9 Å². The van der Waals surface area contributed by atoms with Crippen molar-refractivity contribution in [2.75, 3.05) is 6.61 Å². The minimum atomic E-state index is -0.492. The van der Waals surface area contributed by atoms with Gasteiger partial charge < -0.3 is 10.1 Å². The van der Waals surface area contributed by atoms with Crippen LogP contribution in [0.4, 0.5) is 9.18 Å². The molecule has 1 fully saturated rings. The number of carbonyl (C=O) groups is 1. The largest absolute Gasteiger partial charge is 0.449 e. The number of benzene rings is 1. The number of carbonyl (C=O) groups excluding carboxylic acids is 1. The van der Waals surface area contributed by atoms with Crippen LogP contribution in [0.2, 0.25) is 0 Å². The number of hydrogen-bond acceptors (Lipinski definition) is 2. The normalized spacial score (nSPS) is 20.7. The second-order valence-corrected chi connectivity index (χ2v) is 4.20. The van der Waals surface area contributed by atoms with Gasteiger partial charge in [-0.05, 0) is 12.1 Å². The molecule has 15 heavy (non-hydrogen) atoms. The smallest absolute Gasteiger partial charge is 0.407 e. The van der Waals surface area contributed by atoms with E-state index in [4.69, 9.17) is 4.74 Å². The molecule has 0 bridgehead atoms. The van der Waals surface area contributed by atoms with Gasteiger partial charge in [-0.3, -0.25) is 0 Å². The molecule has 0 aromatic heterocycles. The number of hydrogen-bond donors (Lipinski definition) is 1. The van der Waals surface area contributed by atoms with Crippen molar-refractivity contribution in [2.45, 2.75) is 12.5 Å². The lowest BCUT2D eigenvalue weighted by Crippen LogP contribution is -2.35. The van der Waals surface area contributed by atoms with E-state index in [-0.39, 0.29) is 11.9 Å². The number of ether oxygens (including phenoxy) is 1. The molecule has 0 saturated carbocycles. The Labute approximate surface area is 94.7 Å². The van der Waals surface area contributed by atoms with Crippen LogP contribution in [0.25, 0.3) is 0 Å². The van der Waals surface area contributed by atoms with E-state index < -0.39 is 6.09 Å².